The molecule has 0 saturated carbocycles. The van der Waals surface area contributed by atoms with Crippen LogP contribution in [-0.2, 0) is 14.3 Å². The number of halogens is 1. The molecule has 0 radical (unpaired) electrons. The van der Waals surface area contributed by atoms with E-state index < -0.39 is 11.8 Å². The molecule has 1 atom stereocenters. The van der Waals surface area contributed by atoms with Crippen LogP contribution in [0, 0.1) is 0 Å². The molecule has 1 aromatic rings. The molecule has 1 fully saturated rings. The van der Waals surface area contributed by atoms with Crippen LogP contribution in [0.3, 0.4) is 0 Å². The second-order valence-electron chi connectivity index (χ2n) is 5.51. The lowest BCUT2D eigenvalue weighted by Gasteiger charge is -2.11. The smallest absolute Gasteiger partial charge is 0.329 e. The minimum Gasteiger partial charge on any atom is -0.491 e. The standard InChI is InChI=1S/C17H22ClN3O5/c1-3-25-14-8-11(7-13(18)15(14)24-2)9-20-21-17(23)16(22)19-10-12-5-4-6-26-12/h7-9,12H,3-6,10H2,1-2H3,(H,19,22)(H,21,23)/b20-9-/t12-/m0/s1. The fourth-order valence-corrected chi connectivity index (χ4v) is 2.73. The average molecular weight is 384 g/mol. The van der Waals surface area contributed by atoms with Gasteiger partial charge in [0.05, 0.1) is 31.1 Å². The molecule has 0 aliphatic carbocycles. The first-order chi connectivity index (χ1) is 12.5. The van der Waals surface area contributed by atoms with Crippen LogP contribution in [0.2, 0.25) is 5.02 Å². The predicted molar refractivity (Wildman–Crippen MR) is 96.9 cm³/mol. The molecule has 0 aromatic heterocycles. The van der Waals surface area contributed by atoms with E-state index in [-0.39, 0.29) is 6.10 Å². The van der Waals surface area contributed by atoms with E-state index in [1.54, 1.807) is 12.1 Å². The minimum atomic E-state index is -0.858. The topological polar surface area (TPSA) is 98.2 Å². The molecular weight excluding hydrogens is 362 g/mol. The summed E-state index contributed by atoms with van der Waals surface area (Å²) in [4.78, 5) is 23.4. The Morgan fingerprint density at radius 1 is 1.42 bits per heavy atom. The Morgan fingerprint density at radius 2 is 2.23 bits per heavy atom. The fraction of sp³-hybridized carbons (Fsp3) is 0.471. The molecule has 1 aromatic carbocycles. The molecule has 8 nitrogen and oxygen atoms in total. The summed E-state index contributed by atoms with van der Waals surface area (Å²) in [5, 5.41) is 6.63. The van der Waals surface area contributed by atoms with Crippen molar-refractivity contribution < 1.29 is 23.8 Å². The zero-order valence-corrected chi connectivity index (χ0v) is 15.5. The minimum absolute atomic E-state index is 0.0336. The highest BCUT2D eigenvalue weighted by molar-refractivity contribution is 6.35. The number of hydrogen-bond donors (Lipinski definition) is 2. The number of nitrogens with zero attached hydrogens (tertiary/aromatic N) is 1. The highest BCUT2D eigenvalue weighted by Crippen LogP contribution is 2.35. The van der Waals surface area contributed by atoms with Crippen LogP contribution in [0.5, 0.6) is 11.5 Å². The van der Waals surface area contributed by atoms with Crippen LogP contribution in [0.15, 0.2) is 17.2 Å². The summed E-state index contributed by atoms with van der Waals surface area (Å²) in [6, 6.07) is 3.28. The maximum Gasteiger partial charge on any atom is 0.329 e. The molecule has 1 saturated heterocycles. The van der Waals surface area contributed by atoms with Gasteiger partial charge < -0.3 is 19.5 Å². The van der Waals surface area contributed by atoms with Crippen molar-refractivity contribution in [2.24, 2.45) is 5.10 Å². The van der Waals surface area contributed by atoms with Crippen LogP contribution < -0.4 is 20.2 Å². The van der Waals surface area contributed by atoms with Crippen LogP contribution in [0.4, 0.5) is 0 Å². The van der Waals surface area contributed by atoms with Crippen LogP contribution >= 0.6 is 11.6 Å². The van der Waals surface area contributed by atoms with Gasteiger partial charge in [-0.05, 0) is 37.5 Å². The Balaban J connectivity index is 1.90. The van der Waals surface area contributed by atoms with Gasteiger partial charge in [0.25, 0.3) is 0 Å². The number of methoxy groups -OCH3 is 1. The summed E-state index contributed by atoms with van der Waals surface area (Å²) in [5.41, 5.74) is 2.75. The van der Waals surface area contributed by atoms with Crippen molar-refractivity contribution in [2.45, 2.75) is 25.9 Å². The van der Waals surface area contributed by atoms with E-state index in [4.69, 9.17) is 25.8 Å². The summed E-state index contributed by atoms with van der Waals surface area (Å²) in [7, 11) is 1.49. The van der Waals surface area contributed by atoms with E-state index in [0.717, 1.165) is 12.8 Å². The first kappa shape index (κ1) is 20.0. The van der Waals surface area contributed by atoms with Crippen molar-refractivity contribution in [3.8, 4) is 11.5 Å². The first-order valence-corrected chi connectivity index (χ1v) is 8.66. The highest BCUT2D eigenvalue weighted by Gasteiger charge is 2.19. The number of hydrazone groups is 1. The summed E-state index contributed by atoms with van der Waals surface area (Å²) in [6.07, 6.45) is 3.17. The number of hydrogen-bond acceptors (Lipinski definition) is 6. The van der Waals surface area contributed by atoms with Gasteiger partial charge >= 0.3 is 11.8 Å². The Hall–Kier alpha value is -2.32. The van der Waals surface area contributed by atoms with Crippen LogP contribution in [0.1, 0.15) is 25.3 Å². The Labute approximate surface area is 156 Å². The maximum atomic E-state index is 11.7. The van der Waals surface area contributed by atoms with Crippen molar-refractivity contribution in [3.63, 3.8) is 0 Å². The lowest BCUT2D eigenvalue weighted by molar-refractivity contribution is -0.139. The molecule has 0 unspecified atom stereocenters. The third-order valence-electron chi connectivity index (χ3n) is 3.64. The number of rotatable bonds is 7. The quantitative estimate of drug-likeness (QED) is 0.422. The summed E-state index contributed by atoms with van der Waals surface area (Å²) < 4.78 is 16.0. The molecule has 142 valence electrons. The van der Waals surface area contributed by atoms with Gasteiger partial charge in [-0.25, -0.2) is 5.43 Å². The van der Waals surface area contributed by atoms with Crippen molar-refractivity contribution in [3.05, 3.63) is 22.7 Å². The third-order valence-corrected chi connectivity index (χ3v) is 3.92. The van der Waals surface area contributed by atoms with Crippen molar-refractivity contribution >= 4 is 29.6 Å². The van der Waals surface area contributed by atoms with Gasteiger partial charge in [-0.15, -0.1) is 0 Å². The summed E-state index contributed by atoms with van der Waals surface area (Å²) in [5.74, 6) is -0.739. The van der Waals surface area contributed by atoms with Gasteiger partial charge in [0.1, 0.15) is 0 Å². The summed E-state index contributed by atoms with van der Waals surface area (Å²) in [6.45, 7) is 3.27. The average Bonchev–Trinajstić information content (AvgIpc) is 3.13. The zero-order chi connectivity index (χ0) is 18.9. The molecule has 1 heterocycles. The van der Waals surface area contributed by atoms with Crippen molar-refractivity contribution in [1.82, 2.24) is 10.7 Å². The van der Waals surface area contributed by atoms with Crippen LogP contribution in [0.25, 0.3) is 0 Å². The SMILES string of the molecule is CCOc1cc(/C=N\NC(=O)C(=O)NC[C@@H]2CCCO2)cc(Cl)c1OC. The Bertz CT molecular complexity index is 675. The fourth-order valence-electron chi connectivity index (χ4n) is 2.43. The normalized spacial score (nSPS) is 16.5. The molecule has 1 aliphatic heterocycles. The lowest BCUT2D eigenvalue weighted by atomic mass is 10.2. The molecule has 2 N–H and O–H groups in total. The van der Waals surface area contributed by atoms with E-state index in [1.807, 2.05) is 6.92 Å². The second kappa shape index (κ2) is 9.98. The Morgan fingerprint density at radius 3 is 2.88 bits per heavy atom. The van der Waals surface area contributed by atoms with Gasteiger partial charge in [0.2, 0.25) is 0 Å². The molecule has 1 aliphatic rings. The largest absolute Gasteiger partial charge is 0.491 e. The third kappa shape index (κ3) is 5.60. The molecule has 26 heavy (non-hydrogen) atoms. The monoisotopic (exact) mass is 383 g/mol. The highest BCUT2D eigenvalue weighted by atomic mass is 35.5. The van der Waals surface area contributed by atoms with E-state index in [0.29, 0.717) is 41.8 Å². The van der Waals surface area contributed by atoms with Crippen molar-refractivity contribution in [2.75, 3.05) is 26.9 Å². The van der Waals surface area contributed by atoms with Gasteiger partial charge in [0.15, 0.2) is 11.5 Å². The Kier molecular flexibility index (Phi) is 7.68. The zero-order valence-electron chi connectivity index (χ0n) is 14.7. The number of carbonyl (C=O) groups is 2. The first-order valence-electron chi connectivity index (χ1n) is 8.28. The number of ether oxygens (including phenoxy) is 3. The van der Waals surface area contributed by atoms with Crippen LogP contribution in [-0.4, -0.2) is 51.0 Å². The van der Waals surface area contributed by atoms with E-state index in [1.165, 1.54) is 13.3 Å². The van der Waals surface area contributed by atoms with Gasteiger partial charge in [-0.3, -0.25) is 9.59 Å². The maximum absolute atomic E-state index is 11.7. The van der Waals surface area contributed by atoms with Crippen molar-refractivity contribution in [1.29, 1.82) is 0 Å². The van der Waals surface area contributed by atoms with E-state index in [9.17, 15) is 9.59 Å². The number of carbonyl (C=O) groups excluding carboxylic acids is 2. The van der Waals surface area contributed by atoms with Gasteiger partial charge in [-0.2, -0.15) is 5.10 Å². The molecule has 0 bridgehead atoms. The second-order valence-corrected chi connectivity index (χ2v) is 5.92. The molecular formula is C17H22ClN3O5. The predicted octanol–water partition coefficient (Wildman–Crippen LogP) is 1.49. The van der Waals surface area contributed by atoms with Gasteiger partial charge in [-0.1, -0.05) is 11.6 Å². The number of nitrogens with one attached hydrogen (secondary N) is 2. The number of benzene rings is 1. The lowest BCUT2D eigenvalue weighted by Crippen LogP contribution is -2.41. The molecule has 0 spiro atoms. The number of amides is 2. The molecule has 2 amide bonds. The van der Waals surface area contributed by atoms with E-state index >= 15 is 0 Å². The van der Waals surface area contributed by atoms with E-state index in [2.05, 4.69) is 15.8 Å². The molecule has 9 heteroatoms. The van der Waals surface area contributed by atoms with Gasteiger partial charge in [0, 0.05) is 13.2 Å². The summed E-state index contributed by atoms with van der Waals surface area (Å²) >= 11 is 6.14. The molecule has 2 rings (SSSR count).